The van der Waals surface area contributed by atoms with Gasteiger partial charge in [0.1, 0.15) is 5.60 Å². The van der Waals surface area contributed by atoms with Crippen molar-refractivity contribution >= 4 is 63.3 Å². The van der Waals surface area contributed by atoms with Crippen molar-refractivity contribution in [3.63, 3.8) is 0 Å². The van der Waals surface area contributed by atoms with Crippen molar-refractivity contribution in [1.82, 2.24) is 9.80 Å². The minimum absolute atomic E-state index is 0. The van der Waals surface area contributed by atoms with Crippen LogP contribution in [0.3, 0.4) is 0 Å². The Morgan fingerprint density at radius 1 is 1.29 bits per heavy atom. The zero-order valence-corrected chi connectivity index (χ0v) is 18.9. The lowest BCUT2D eigenvalue weighted by Crippen LogP contribution is -2.53. The number of carbonyl (C=O) groups excluding carboxylic acids is 1. The molecular formula is C15H24BrIN4O2S. The van der Waals surface area contributed by atoms with E-state index in [1.165, 1.54) is 0 Å². The predicted molar refractivity (Wildman–Crippen MR) is 112 cm³/mol. The zero-order chi connectivity index (χ0) is 17.0. The smallest absolute Gasteiger partial charge is 0.410 e. The molecule has 2 rings (SSSR count). The average Bonchev–Trinajstić information content (AvgIpc) is 2.89. The molecule has 1 aromatic heterocycles. The molecule has 0 spiro atoms. The molecule has 0 unspecified atom stereocenters. The highest BCUT2D eigenvalue weighted by molar-refractivity contribution is 14.0. The third kappa shape index (κ3) is 6.75. The van der Waals surface area contributed by atoms with E-state index in [0.717, 1.165) is 8.66 Å². The van der Waals surface area contributed by atoms with E-state index in [1.54, 1.807) is 16.2 Å². The van der Waals surface area contributed by atoms with Gasteiger partial charge < -0.3 is 20.3 Å². The van der Waals surface area contributed by atoms with Crippen molar-refractivity contribution in [2.75, 3.05) is 26.2 Å². The minimum Gasteiger partial charge on any atom is -0.444 e. The molecule has 1 aromatic rings. The number of thiophene rings is 1. The molecule has 24 heavy (non-hydrogen) atoms. The molecule has 2 heterocycles. The Labute approximate surface area is 172 Å². The maximum atomic E-state index is 12.0. The highest BCUT2D eigenvalue weighted by Crippen LogP contribution is 2.22. The largest absolute Gasteiger partial charge is 0.444 e. The zero-order valence-electron chi connectivity index (χ0n) is 14.1. The van der Waals surface area contributed by atoms with E-state index in [2.05, 4.69) is 20.9 Å². The number of piperazine rings is 1. The second kappa shape index (κ2) is 9.23. The predicted octanol–water partition coefficient (Wildman–Crippen LogP) is 3.50. The molecule has 1 amide bonds. The third-order valence-corrected chi connectivity index (χ3v) is 4.89. The summed E-state index contributed by atoms with van der Waals surface area (Å²) in [6, 6.07) is 4.04. The van der Waals surface area contributed by atoms with Crippen molar-refractivity contribution in [2.24, 2.45) is 10.7 Å². The van der Waals surface area contributed by atoms with E-state index in [0.29, 0.717) is 38.7 Å². The summed E-state index contributed by atoms with van der Waals surface area (Å²) in [6.07, 6.45) is -0.268. The molecule has 9 heteroatoms. The summed E-state index contributed by atoms with van der Waals surface area (Å²) in [4.78, 5) is 21.3. The van der Waals surface area contributed by atoms with Gasteiger partial charge >= 0.3 is 6.09 Å². The summed E-state index contributed by atoms with van der Waals surface area (Å²) in [5.74, 6) is 0.526. The van der Waals surface area contributed by atoms with Gasteiger partial charge in [0.25, 0.3) is 0 Å². The first-order valence-corrected chi connectivity index (χ1v) is 9.12. The van der Waals surface area contributed by atoms with Crippen molar-refractivity contribution in [2.45, 2.75) is 32.9 Å². The lowest BCUT2D eigenvalue weighted by atomic mass is 10.2. The molecule has 6 nitrogen and oxygen atoms in total. The number of rotatable bonds is 2. The van der Waals surface area contributed by atoms with Crippen molar-refractivity contribution in [3.05, 3.63) is 20.8 Å². The van der Waals surface area contributed by atoms with Crippen molar-refractivity contribution in [1.29, 1.82) is 0 Å². The molecule has 0 saturated carbocycles. The Bertz CT molecular complexity index is 580. The summed E-state index contributed by atoms with van der Waals surface area (Å²) in [6.45, 7) is 8.71. The van der Waals surface area contributed by atoms with Crippen molar-refractivity contribution in [3.8, 4) is 0 Å². The number of hydrogen-bond acceptors (Lipinski definition) is 4. The van der Waals surface area contributed by atoms with E-state index in [1.807, 2.05) is 37.8 Å². The van der Waals surface area contributed by atoms with Crippen molar-refractivity contribution < 1.29 is 9.53 Å². The summed E-state index contributed by atoms with van der Waals surface area (Å²) >= 11 is 5.09. The van der Waals surface area contributed by atoms with Gasteiger partial charge in [-0.1, -0.05) is 0 Å². The molecule has 1 saturated heterocycles. The molecular weight excluding hydrogens is 507 g/mol. The van der Waals surface area contributed by atoms with Gasteiger partial charge in [0.15, 0.2) is 5.96 Å². The van der Waals surface area contributed by atoms with Crippen LogP contribution in [-0.4, -0.2) is 53.6 Å². The van der Waals surface area contributed by atoms with Gasteiger partial charge in [-0.25, -0.2) is 9.79 Å². The highest BCUT2D eigenvalue weighted by Gasteiger charge is 2.26. The highest BCUT2D eigenvalue weighted by atomic mass is 127. The normalized spacial score (nSPS) is 15.9. The van der Waals surface area contributed by atoms with Crippen LogP contribution in [0, 0.1) is 0 Å². The molecule has 1 fully saturated rings. The van der Waals surface area contributed by atoms with E-state index in [-0.39, 0.29) is 30.1 Å². The molecule has 0 atom stereocenters. The Morgan fingerprint density at radius 2 is 1.88 bits per heavy atom. The fourth-order valence-corrected chi connectivity index (χ4v) is 3.55. The summed E-state index contributed by atoms with van der Waals surface area (Å²) in [5.41, 5.74) is 5.59. The maximum Gasteiger partial charge on any atom is 0.410 e. The number of guanidine groups is 1. The molecule has 136 valence electrons. The Morgan fingerprint density at radius 3 is 2.38 bits per heavy atom. The fourth-order valence-electron chi connectivity index (χ4n) is 2.14. The van der Waals surface area contributed by atoms with E-state index in [9.17, 15) is 4.79 Å². The SMILES string of the molecule is CC(C)(C)OC(=O)N1CCN(C(N)=NCc2ccc(Br)s2)CC1.I. The van der Waals surface area contributed by atoms with Crippen LogP contribution in [0.25, 0.3) is 0 Å². The number of halogens is 2. The third-order valence-electron chi connectivity index (χ3n) is 3.28. The first-order chi connectivity index (χ1) is 10.7. The summed E-state index contributed by atoms with van der Waals surface area (Å²) in [7, 11) is 0. The molecule has 0 radical (unpaired) electrons. The van der Waals surface area contributed by atoms with E-state index in [4.69, 9.17) is 10.5 Å². The van der Waals surface area contributed by atoms with Crippen LogP contribution in [0.15, 0.2) is 20.9 Å². The number of ether oxygens (including phenoxy) is 1. The monoisotopic (exact) mass is 530 g/mol. The standard InChI is InChI=1S/C15H23BrN4O2S.HI/c1-15(2,3)22-14(21)20-8-6-19(7-9-20)13(17)18-10-11-4-5-12(16)23-11;/h4-5H,6-10H2,1-3H3,(H2,17,18);1H. The second-order valence-electron chi connectivity index (χ2n) is 6.33. The second-order valence-corrected chi connectivity index (χ2v) is 8.88. The number of aliphatic imine (C=N–C) groups is 1. The number of nitrogens with zero attached hydrogens (tertiary/aromatic N) is 3. The van der Waals surface area contributed by atoms with Gasteiger partial charge in [-0.2, -0.15) is 0 Å². The van der Waals surface area contributed by atoms with Gasteiger partial charge in [-0.3, -0.25) is 0 Å². The van der Waals surface area contributed by atoms with Gasteiger partial charge in [-0.05, 0) is 48.8 Å². The lowest BCUT2D eigenvalue weighted by molar-refractivity contribution is 0.0186. The first kappa shape index (κ1) is 21.5. The molecule has 1 aliphatic rings. The number of hydrogen-bond donors (Lipinski definition) is 1. The van der Waals surface area contributed by atoms with E-state index < -0.39 is 5.60 Å². The number of amides is 1. The lowest BCUT2D eigenvalue weighted by Gasteiger charge is -2.36. The van der Waals surface area contributed by atoms with Crippen LogP contribution in [0.2, 0.25) is 0 Å². The van der Waals surface area contributed by atoms with Gasteiger partial charge in [0.05, 0.1) is 10.3 Å². The van der Waals surface area contributed by atoms with Crippen LogP contribution in [0.1, 0.15) is 25.6 Å². The van der Waals surface area contributed by atoms with E-state index >= 15 is 0 Å². The Balaban J connectivity index is 0.00000288. The van der Waals surface area contributed by atoms with Crippen LogP contribution in [-0.2, 0) is 11.3 Å². The average molecular weight is 531 g/mol. The fraction of sp³-hybridized carbons (Fsp3) is 0.600. The topological polar surface area (TPSA) is 71.2 Å². The number of nitrogens with two attached hydrogens (primary N) is 1. The van der Waals surface area contributed by atoms with Gasteiger partial charge in [0.2, 0.25) is 0 Å². The quantitative estimate of drug-likeness (QED) is 0.361. The van der Waals surface area contributed by atoms with Crippen LogP contribution < -0.4 is 5.73 Å². The Hall–Kier alpha value is -0.550. The molecule has 2 N–H and O–H groups in total. The first-order valence-electron chi connectivity index (χ1n) is 7.51. The summed E-state index contributed by atoms with van der Waals surface area (Å²) in [5, 5.41) is 0. The van der Waals surface area contributed by atoms with Crippen LogP contribution in [0.5, 0.6) is 0 Å². The maximum absolute atomic E-state index is 12.0. The molecule has 0 aliphatic carbocycles. The molecule has 0 bridgehead atoms. The Kier molecular flexibility index (Phi) is 8.27. The minimum atomic E-state index is -0.469. The number of carbonyl (C=O) groups is 1. The molecule has 0 aromatic carbocycles. The van der Waals surface area contributed by atoms with Gasteiger partial charge in [0, 0.05) is 31.1 Å². The molecule has 1 aliphatic heterocycles. The van der Waals surface area contributed by atoms with Crippen LogP contribution in [0.4, 0.5) is 4.79 Å². The summed E-state index contributed by atoms with van der Waals surface area (Å²) < 4.78 is 6.47. The van der Waals surface area contributed by atoms with Gasteiger partial charge in [-0.15, -0.1) is 35.3 Å². The van der Waals surface area contributed by atoms with Crippen LogP contribution >= 0.6 is 51.2 Å².